The zero-order valence-corrected chi connectivity index (χ0v) is 30.9. The van der Waals surface area contributed by atoms with Crippen LogP contribution in [-0.2, 0) is 0 Å². The van der Waals surface area contributed by atoms with Crippen molar-refractivity contribution in [3.05, 3.63) is 182 Å². The van der Waals surface area contributed by atoms with Gasteiger partial charge in [0.05, 0.1) is 44.5 Å². The van der Waals surface area contributed by atoms with Crippen LogP contribution >= 0.6 is 0 Å². The number of rotatable bonds is 5. The molecule has 0 amide bonds. The van der Waals surface area contributed by atoms with E-state index in [1.165, 1.54) is 0 Å². The van der Waals surface area contributed by atoms with E-state index in [9.17, 15) is 0 Å². The van der Waals surface area contributed by atoms with Crippen molar-refractivity contribution < 1.29 is 0 Å². The summed E-state index contributed by atoms with van der Waals surface area (Å²) in [5, 5.41) is 4.05. The Morgan fingerprint density at radius 3 is 1.38 bits per heavy atom. The molecule has 0 bridgehead atoms. The molecule has 0 aliphatic heterocycles. The molecular formula is C50H30N8. The lowest BCUT2D eigenvalue weighted by Gasteiger charge is -2.16. The van der Waals surface area contributed by atoms with E-state index >= 15 is 0 Å². The maximum atomic E-state index is 5.30. The van der Waals surface area contributed by atoms with E-state index in [4.69, 9.17) is 19.9 Å². The molecular weight excluding hydrogens is 713 g/mol. The van der Waals surface area contributed by atoms with E-state index < -0.39 is 0 Å². The summed E-state index contributed by atoms with van der Waals surface area (Å²) in [5.41, 5.74) is 13.8. The van der Waals surface area contributed by atoms with Crippen molar-refractivity contribution in [1.82, 2.24) is 39.0 Å². The fraction of sp³-hybridized carbons (Fsp3) is 0. The van der Waals surface area contributed by atoms with Crippen LogP contribution in [0, 0.1) is 0 Å². The number of nitrogens with zero attached hydrogens (tertiary/aromatic N) is 8. The second kappa shape index (κ2) is 12.7. The van der Waals surface area contributed by atoms with Crippen molar-refractivity contribution >= 4 is 65.9 Å². The molecule has 8 nitrogen and oxygen atoms in total. The number of para-hydroxylation sites is 2. The molecule has 0 fully saturated rings. The lowest BCUT2D eigenvalue weighted by Crippen LogP contribution is -2.02. The van der Waals surface area contributed by atoms with Crippen LogP contribution < -0.4 is 0 Å². The maximum Gasteiger partial charge on any atom is 0.160 e. The fourth-order valence-electron chi connectivity index (χ4n) is 8.35. The highest BCUT2D eigenvalue weighted by molar-refractivity contribution is 6.11. The summed E-state index contributed by atoms with van der Waals surface area (Å²) >= 11 is 0. The van der Waals surface area contributed by atoms with Crippen LogP contribution in [0.3, 0.4) is 0 Å². The minimum atomic E-state index is 0.656. The monoisotopic (exact) mass is 742 g/mol. The third kappa shape index (κ3) is 5.09. The van der Waals surface area contributed by atoms with Gasteiger partial charge in [0.15, 0.2) is 17.1 Å². The highest BCUT2D eigenvalue weighted by Gasteiger charge is 2.21. The van der Waals surface area contributed by atoms with E-state index in [1.807, 2.05) is 48.5 Å². The Hall–Kier alpha value is -8.10. The van der Waals surface area contributed by atoms with Crippen molar-refractivity contribution in [1.29, 1.82) is 0 Å². The first-order chi connectivity index (χ1) is 28.7. The summed E-state index contributed by atoms with van der Waals surface area (Å²) < 4.78 is 4.64. The highest BCUT2D eigenvalue weighted by Crippen LogP contribution is 2.39. The SMILES string of the molecule is c1ccc(-c2cc(-c3cc(-n4c5ccccc5c5nc6ncccc6cc54)cc(-n4c5ccccc5c5nc6ncccc6cc54)c3)nc(-c3ccccc3)n2)cc1. The van der Waals surface area contributed by atoms with Gasteiger partial charge in [-0.1, -0.05) is 97.1 Å². The largest absolute Gasteiger partial charge is 0.307 e. The fourth-order valence-corrected chi connectivity index (χ4v) is 8.35. The maximum absolute atomic E-state index is 5.30. The molecule has 0 atom stereocenters. The zero-order valence-electron chi connectivity index (χ0n) is 30.9. The topological polar surface area (TPSA) is 87.2 Å². The normalized spacial score (nSPS) is 11.8. The number of hydrogen-bond acceptors (Lipinski definition) is 6. The molecule has 12 rings (SSSR count). The first kappa shape index (κ1) is 32.2. The van der Waals surface area contributed by atoms with Gasteiger partial charge in [0, 0.05) is 62.0 Å². The average molecular weight is 743 g/mol. The summed E-state index contributed by atoms with van der Waals surface area (Å²) in [5.74, 6) is 0.656. The zero-order chi connectivity index (χ0) is 38.2. The van der Waals surface area contributed by atoms with Gasteiger partial charge < -0.3 is 9.13 Å². The summed E-state index contributed by atoms with van der Waals surface area (Å²) in [6, 6.07) is 58.7. The molecule has 0 radical (unpaired) electrons. The molecule has 0 aliphatic rings. The Morgan fingerprint density at radius 1 is 0.345 bits per heavy atom. The van der Waals surface area contributed by atoms with Gasteiger partial charge in [0.1, 0.15) is 0 Å². The minimum absolute atomic E-state index is 0.656. The third-order valence-electron chi connectivity index (χ3n) is 11.0. The number of pyridine rings is 4. The second-order valence-corrected chi connectivity index (χ2v) is 14.4. The standard InChI is InChI=1S/C50H30N8/c1-3-13-31(14-4-1)40-30-41(54-50(53-40)32-15-5-2-6-16-32)35-25-36(57-42-21-9-7-19-38(42)46-44(57)27-33-17-11-23-51-48(33)55-46)29-37(26-35)58-43-22-10-8-20-39(43)47-45(58)28-34-18-12-24-52-49(34)56-47/h1-30H. The van der Waals surface area contributed by atoms with Crippen LogP contribution in [0.2, 0.25) is 0 Å². The Morgan fingerprint density at radius 2 is 0.828 bits per heavy atom. The molecule has 5 aromatic carbocycles. The average Bonchev–Trinajstić information content (AvgIpc) is 3.79. The number of benzene rings is 5. The summed E-state index contributed by atoms with van der Waals surface area (Å²) in [7, 11) is 0. The Labute approximate surface area is 331 Å². The van der Waals surface area contributed by atoms with Crippen LogP contribution in [-0.4, -0.2) is 39.0 Å². The summed E-state index contributed by atoms with van der Waals surface area (Å²) in [6.45, 7) is 0. The van der Waals surface area contributed by atoms with Crippen molar-refractivity contribution in [2.75, 3.05) is 0 Å². The predicted octanol–water partition coefficient (Wildman–Crippen LogP) is 11.6. The molecule has 12 aromatic rings. The van der Waals surface area contributed by atoms with Crippen molar-refractivity contribution in [2.24, 2.45) is 0 Å². The smallest absolute Gasteiger partial charge is 0.160 e. The number of aromatic nitrogens is 8. The highest BCUT2D eigenvalue weighted by atomic mass is 15.0. The van der Waals surface area contributed by atoms with Crippen molar-refractivity contribution in [3.8, 4) is 45.3 Å². The molecule has 8 heteroatoms. The van der Waals surface area contributed by atoms with Gasteiger partial charge in [-0.25, -0.2) is 29.9 Å². The van der Waals surface area contributed by atoms with Gasteiger partial charge in [-0.2, -0.15) is 0 Å². The summed E-state index contributed by atoms with van der Waals surface area (Å²) in [6.07, 6.45) is 3.59. The van der Waals surface area contributed by atoms with Gasteiger partial charge in [-0.3, -0.25) is 0 Å². The molecule has 7 aromatic heterocycles. The van der Waals surface area contributed by atoms with E-state index in [0.29, 0.717) is 5.82 Å². The van der Waals surface area contributed by atoms with E-state index in [1.54, 1.807) is 12.4 Å². The van der Waals surface area contributed by atoms with Crippen LogP contribution in [0.4, 0.5) is 0 Å². The van der Waals surface area contributed by atoms with Crippen LogP contribution in [0.15, 0.2) is 182 Å². The molecule has 58 heavy (non-hydrogen) atoms. The van der Waals surface area contributed by atoms with E-state index in [2.05, 4.69) is 140 Å². The minimum Gasteiger partial charge on any atom is -0.307 e. The van der Waals surface area contributed by atoms with E-state index in [0.717, 1.165) is 105 Å². The molecule has 0 unspecified atom stereocenters. The van der Waals surface area contributed by atoms with Crippen molar-refractivity contribution in [3.63, 3.8) is 0 Å². The molecule has 0 saturated carbocycles. The molecule has 0 N–H and O–H groups in total. The first-order valence-electron chi connectivity index (χ1n) is 19.2. The third-order valence-corrected chi connectivity index (χ3v) is 11.0. The molecule has 7 heterocycles. The Balaban J connectivity index is 1.21. The van der Waals surface area contributed by atoms with Crippen molar-refractivity contribution in [2.45, 2.75) is 0 Å². The Kier molecular flexibility index (Phi) is 7.06. The first-order valence-corrected chi connectivity index (χ1v) is 19.2. The van der Waals surface area contributed by atoms with Gasteiger partial charge >= 0.3 is 0 Å². The predicted molar refractivity (Wildman–Crippen MR) is 233 cm³/mol. The van der Waals surface area contributed by atoms with Crippen LogP contribution in [0.1, 0.15) is 0 Å². The quantitative estimate of drug-likeness (QED) is 0.174. The van der Waals surface area contributed by atoms with Crippen LogP contribution in [0.25, 0.3) is 111 Å². The van der Waals surface area contributed by atoms with Gasteiger partial charge in [-0.15, -0.1) is 0 Å². The second-order valence-electron chi connectivity index (χ2n) is 14.4. The molecule has 0 aliphatic carbocycles. The van der Waals surface area contributed by atoms with Gasteiger partial charge in [-0.05, 0) is 72.8 Å². The molecule has 0 saturated heterocycles. The van der Waals surface area contributed by atoms with Crippen LogP contribution in [0.5, 0.6) is 0 Å². The van der Waals surface area contributed by atoms with Gasteiger partial charge in [0.2, 0.25) is 0 Å². The van der Waals surface area contributed by atoms with E-state index in [-0.39, 0.29) is 0 Å². The lowest BCUT2D eigenvalue weighted by atomic mass is 10.0. The lowest BCUT2D eigenvalue weighted by molar-refractivity contribution is 1.13. The summed E-state index contributed by atoms with van der Waals surface area (Å²) in [4.78, 5) is 29.9. The van der Waals surface area contributed by atoms with Gasteiger partial charge in [0.25, 0.3) is 0 Å². The Bertz CT molecular complexity index is 3340. The molecule has 0 spiro atoms. The number of fused-ring (bicyclic) bond motifs is 8. The number of hydrogen-bond donors (Lipinski definition) is 0. The molecule has 270 valence electrons.